The number of carbonyl (C=O) groups excluding carboxylic acids is 1. The SMILES string of the molecule is COC(=O)C(O)c1cccc(Oc2ccc(C(O)C(O)CO)cc2)c1. The Bertz CT molecular complexity index is 699. The summed E-state index contributed by atoms with van der Waals surface area (Å²) in [6.07, 6.45) is -3.85. The molecule has 2 aromatic carbocycles. The predicted octanol–water partition coefficient (Wildman–Crippen LogP) is 1.07. The van der Waals surface area contributed by atoms with Gasteiger partial charge in [0.2, 0.25) is 0 Å². The maximum Gasteiger partial charge on any atom is 0.339 e. The van der Waals surface area contributed by atoms with Crippen molar-refractivity contribution in [3.63, 3.8) is 0 Å². The summed E-state index contributed by atoms with van der Waals surface area (Å²) >= 11 is 0. The normalized spacial score (nSPS) is 14.4. The van der Waals surface area contributed by atoms with Crippen molar-refractivity contribution in [3.8, 4) is 11.5 Å². The Kier molecular flexibility index (Phi) is 6.49. The highest BCUT2D eigenvalue weighted by molar-refractivity contribution is 5.76. The Balaban J connectivity index is 2.11. The topological polar surface area (TPSA) is 116 Å². The average molecular weight is 348 g/mol. The van der Waals surface area contributed by atoms with E-state index in [9.17, 15) is 20.1 Å². The van der Waals surface area contributed by atoms with Gasteiger partial charge in [-0.3, -0.25) is 0 Å². The quantitative estimate of drug-likeness (QED) is 0.553. The summed E-state index contributed by atoms with van der Waals surface area (Å²) in [7, 11) is 1.19. The van der Waals surface area contributed by atoms with Crippen molar-refractivity contribution in [2.75, 3.05) is 13.7 Å². The molecule has 0 radical (unpaired) electrons. The van der Waals surface area contributed by atoms with E-state index in [2.05, 4.69) is 4.74 Å². The molecule has 3 atom stereocenters. The van der Waals surface area contributed by atoms with Crippen LogP contribution in [0, 0.1) is 0 Å². The van der Waals surface area contributed by atoms with Gasteiger partial charge in [-0.15, -0.1) is 0 Å². The van der Waals surface area contributed by atoms with Crippen LogP contribution in [-0.4, -0.2) is 46.2 Å². The second-order valence-corrected chi connectivity index (χ2v) is 5.36. The van der Waals surface area contributed by atoms with Gasteiger partial charge in [0.25, 0.3) is 0 Å². The van der Waals surface area contributed by atoms with Crippen LogP contribution in [0.3, 0.4) is 0 Å². The molecule has 0 spiro atoms. The van der Waals surface area contributed by atoms with E-state index in [0.717, 1.165) is 0 Å². The van der Waals surface area contributed by atoms with Crippen LogP contribution in [0.5, 0.6) is 11.5 Å². The highest BCUT2D eigenvalue weighted by atomic mass is 16.5. The lowest BCUT2D eigenvalue weighted by atomic mass is 10.0. The summed E-state index contributed by atoms with van der Waals surface area (Å²) in [4.78, 5) is 11.4. The largest absolute Gasteiger partial charge is 0.467 e. The monoisotopic (exact) mass is 348 g/mol. The molecule has 0 bridgehead atoms. The zero-order valence-corrected chi connectivity index (χ0v) is 13.6. The fraction of sp³-hybridized carbons (Fsp3) is 0.278. The zero-order chi connectivity index (χ0) is 18.4. The van der Waals surface area contributed by atoms with E-state index in [1.165, 1.54) is 13.2 Å². The van der Waals surface area contributed by atoms with Gasteiger partial charge in [-0.1, -0.05) is 24.3 Å². The third-order valence-corrected chi connectivity index (χ3v) is 3.61. The van der Waals surface area contributed by atoms with Crippen molar-refractivity contribution in [2.45, 2.75) is 18.3 Å². The number of esters is 1. The molecular formula is C18H20O7. The van der Waals surface area contributed by atoms with E-state index in [1.54, 1.807) is 42.5 Å². The summed E-state index contributed by atoms with van der Waals surface area (Å²) < 4.78 is 10.1. The van der Waals surface area contributed by atoms with Crippen LogP contribution in [0.25, 0.3) is 0 Å². The Morgan fingerprint density at radius 3 is 2.28 bits per heavy atom. The lowest BCUT2D eigenvalue weighted by Gasteiger charge is -2.16. The van der Waals surface area contributed by atoms with Crippen LogP contribution in [-0.2, 0) is 9.53 Å². The third-order valence-electron chi connectivity index (χ3n) is 3.61. The minimum absolute atomic E-state index is 0.336. The number of hydrogen-bond donors (Lipinski definition) is 4. The minimum Gasteiger partial charge on any atom is -0.467 e. The highest BCUT2D eigenvalue weighted by Crippen LogP contribution is 2.27. The number of methoxy groups -OCH3 is 1. The van der Waals surface area contributed by atoms with Gasteiger partial charge in [0.1, 0.15) is 23.7 Å². The molecule has 0 aliphatic carbocycles. The summed E-state index contributed by atoms with van der Waals surface area (Å²) in [5.74, 6) is 0.0984. The van der Waals surface area contributed by atoms with E-state index in [-0.39, 0.29) is 0 Å². The Hall–Kier alpha value is -2.45. The molecule has 25 heavy (non-hydrogen) atoms. The van der Waals surface area contributed by atoms with Gasteiger partial charge >= 0.3 is 5.97 Å². The van der Waals surface area contributed by atoms with Crippen molar-refractivity contribution < 1.29 is 34.7 Å². The number of ether oxygens (including phenoxy) is 2. The summed E-state index contributed by atoms with van der Waals surface area (Å²) in [5.41, 5.74) is 0.770. The van der Waals surface area contributed by atoms with E-state index < -0.39 is 30.9 Å². The maximum atomic E-state index is 11.4. The van der Waals surface area contributed by atoms with Crippen molar-refractivity contribution in [3.05, 3.63) is 59.7 Å². The number of hydrogen-bond acceptors (Lipinski definition) is 7. The summed E-state index contributed by atoms with van der Waals surface area (Å²) in [6.45, 7) is -0.547. The van der Waals surface area contributed by atoms with E-state index in [1.807, 2.05) is 0 Å². The fourth-order valence-electron chi connectivity index (χ4n) is 2.19. The predicted molar refractivity (Wildman–Crippen MR) is 88.0 cm³/mol. The van der Waals surface area contributed by atoms with Crippen LogP contribution in [0.15, 0.2) is 48.5 Å². The van der Waals surface area contributed by atoms with Gasteiger partial charge < -0.3 is 29.9 Å². The zero-order valence-electron chi connectivity index (χ0n) is 13.6. The second-order valence-electron chi connectivity index (χ2n) is 5.36. The maximum absolute atomic E-state index is 11.4. The Morgan fingerprint density at radius 2 is 1.68 bits per heavy atom. The third kappa shape index (κ3) is 4.77. The first-order valence-electron chi connectivity index (χ1n) is 7.57. The smallest absolute Gasteiger partial charge is 0.339 e. The van der Waals surface area contributed by atoms with E-state index in [4.69, 9.17) is 9.84 Å². The minimum atomic E-state index is -1.40. The molecule has 134 valence electrons. The number of rotatable bonds is 7. The Morgan fingerprint density at radius 1 is 1.00 bits per heavy atom. The molecule has 2 rings (SSSR count). The molecule has 7 nitrogen and oxygen atoms in total. The van der Waals surface area contributed by atoms with Crippen molar-refractivity contribution >= 4 is 5.97 Å². The fourth-order valence-corrected chi connectivity index (χ4v) is 2.19. The first kappa shape index (κ1) is 18.9. The first-order valence-corrected chi connectivity index (χ1v) is 7.57. The average Bonchev–Trinajstić information content (AvgIpc) is 2.66. The molecule has 2 aromatic rings. The number of benzene rings is 2. The molecular weight excluding hydrogens is 328 g/mol. The molecule has 0 saturated heterocycles. The van der Waals surface area contributed by atoms with Crippen LogP contribution in [0.1, 0.15) is 23.3 Å². The van der Waals surface area contributed by atoms with Gasteiger partial charge in [0.15, 0.2) is 6.10 Å². The van der Waals surface area contributed by atoms with Gasteiger partial charge in [0.05, 0.1) is 13.7 Å². The molecule has 3 unspecified atom stereocenters. The van der Waals surface area contributed by atoms with Crippen molar-refractivity contribution in [1.82, 2.24) is 0 Å². The van der Waals surface area contributed by atoms with Crippen molar-refractivity contribution in [2.24, 2.45) is 0 Å². The molecule has 0 fully saturated rings. The highest BCUT2D eigenvalue weighted by Gasteiger charge is 2.19. The molecule has 0 aliphatic heterocycles. The molecule has 4 N–H and O–H groups in total. The number of carbonyl (C=O) groups is 1. The van der Waals surface area contributed by atoms with Gasteiger partial charge in [-0.05, 0) is 35.4 Å². The molecule has 7 heteroatoms. The Labute approximate surface area is 144 Å². The van der Waals surface area contributed by atoms with Crippen LogP contribution in [0.4, 0.5) is 0 Å². The standard InChI is InChI=1S/C18H20O7/c1-24-18(23)17(22)12-3-2-4-14(9-12)25-13-7-5-11(6-8-13)16(21)15(20)10-19/h2-9,15-17,19-22H,10H2,1H3. The molecule has 0 aromatic heterocycles. The lowest BCUT2D eigenvalue weighted by Crippen LogP contribution is -2.21. The van der Waals surface area contributed by atoms with E-state index in [0.29, 0.717) is 22.6 Å². The van der Waals surface area contributed by atoms with Gasteiger partial charge in [0, 0.05) is 0 Å². The van der Waals surface area contributed by atoms with Crippen molar-refractivity contribution in [1.29, 1.82) is 0 Å². The van der Waals surface area contributed by atoms with E-state index >= 15 is 0 Å². The summed E-state index contributed by atoms with van der Waals surface area (Å²) in [5, 5.41) is 38.0. The molecule has 0 saturated carbocycles. The lowest BCUT2D eigenvalue weighted by molar-refractivity contribution is -0.150. The molecule has 0 aliphatic rings. The number of aliphatic hydroxyl groups is 4. The van der Waals surface area contributed by atoms with Gasteiger partial charge in [-0.25, -0.2) is 4.79 Å². The van der Waals surface area contributed by atoms with Gasteiger partial charge in [-0.2, -0.15) is 0 Å². The summed E-state index contributed by atoms with van der Waals surface area (Å²) in [6, 6.07) is 12.7. The molecule has 0 amide bonds. The number of aliphatic hydroxyl groups excluding tert-OH is 4. The first-order chi connectivity index (χ1) is 12.0. The van der Waals surface area contributed by atoms with Crippen LogP contribution in [0.2, 0.25) is 0 Å². The second kappa shape index (κ2) is 8.59. The molecule has 0 heterocycles. The van der Waals surface area contributed by atoms with Crippen LogP contribution < -0.4 is 4.74 Å². The van der Waals surface area contributed by atoms with Crippen LogP contribution >= 0.6 is 0 Å².